The van der Waals surface area contributed by atoms with Crippen molar-refractivity contribution in [3.05, 3.63) is 71.2 Å². The van der Waals surface area contributed by atoms with E-state index in [4.69, 9.17) is 26.8 Å². The molecule has 0 saturated carbocycles. The molecule has 6 nitrogen and oxygen atoms in total. The maximum Gasteiger partial charge on any atom is 0.387 e. The number of alkyl halides is 2. The highest BCUT2D eigenvalue weighted by Crippen LogP contribution is 2.45. The highest BCUT2D eigenvalue weighted by molar-refractivity contribution is 6.31. The molecule has 2 aliphatic rings. The quantitative estimate of drug-likeness (QED) is 0.702. The maximum absolute atomic E-state index is 12.6. The number of aromatic nitrogens is 1. The zero-order valence-electron chi connectivity index (χ0n) is 16.6. The summed E-state index contributed by atoms with van der Waals surface area (Å²) < 4.78 is 40.5. The molecule has 0 radical (unpaired) electrons. The fourth-order valence-corrected chi connectivity index (χ4v) is 4.12. The molecule has 2 atom stereocenters. The molecule has 1 aliphatic carbocycles. The van der Waals surface area contributed by atoms with E-state index in [0.29, 0.717) is 12.2 Å². The van der Waals surface area contributed by atoms with Crippen molar-refractivity contribution in [1.29, 1.82) is 0 Å². The van der Waals surface area contributed by atoms with E-state index in [-0.39, 0.29) is 29.3 Å². The van der Waals surface area contributed by atoms with E-state index in [0.717, 1.165) is 16.7 Å². The molecule has 4 rings (SSSR count). The number of hydrogen-bond acceptors (Lipinski definition) is 6. The normalized spacial score (nSPS) is 23.0. The molecule has 162 valence electrons. The van der Waals surface area contributed by atoms with Crippen molar-refractivity contribution >= 4 is 17.6 Å². The van der Waals surface area contributed by atoms with E-state index in [2.05, 4.69) is 14.7 Å². The largest absolute Gasteiger partial charge is 0.495 e. The van der Waals surface area contributed by atoms with E-state index in [1.54, 1.807) is 31.7 Å². The second-order valence-corrected chi connectivity index (χ2v) is 7.57. The van der Waals surface area contributed by atoms with Gasteiger partial charge in [-0.05, 0) is 35.8 Å². The summed E-state index contributed by atoms with van der Waals surface area (Å²) in [4.78, 5) is 8.83. The van der Waals surface area contributed by atoms with Crippen LogP contribution in [0.5, 0.6) is 5.75 Å². The lowest BCUT2D eigenvalue weighted by Crippen LogP contribution is -2.35. The highest BCUT2D eigenvalue weighted by Gasteiger charge is 2.45. The second kappa shape index (κ2) is 8.55. The molecule has 0 fully saturated rings. The summed E-state index contributed by atoms with van der Waals surface area (Å²) in [7, 11) is 1.58. The SMILES string of the molecule is COc1cncc(-c2cccc(C3(C4C=C(Cl)C(OC(F)F)=CC4)COC(N)=N3)c2)c1. The lowest BCUT2D eigenvalue weighted by molar-refractivity contribution is -0.0932. The molecule has 1 aliphatic heterocycles. The van der Waals surface area contributed by atoms with Gasteiger partial charge in [0.1, 0.15) is 23.7 Å². The number of benzene rings is 1. The van der Waals surface area contributed by atoms with Gasteiger partial charge in [0.05, 0.1) is 18.3 Å². The Bertz CT molecular complexity index is 1070. The third-order valence-electron chi connectivity index (χ3n) is 5.36. The van der Waals surface area contributed by atoms with Gasteiger partial charge in [0.15, 0.2) is 0 Å². The predicted molar refractivity (Wildman–Crippen MR) is 113 cm³/mol. The summed E-state index contributed by atoms with van der Waals surface area (Å²) >= 11 is 6.24. The molecule has 1 aromatic carbocycles. The molecular weight excluding hydrogens is 428 g/mol. The Morgan fingerprint density at radius 2 is 2.10 bits per heavy atom. The van der Waals surface area contributed by atoms with Crippen LogP contribution in [0, 0.1) is 5.92 Å². The van der Waals surface area contributed by atoms with Crippen LogP contribution in [0.15, 0.2) is 70.7 Å². The summed E-state index contributed by atoms with van der Waals surface area (Å²) in [6.45, 7) is -2.75. The van der Waals surface area contributed by atoms with Gasteiger partial charge >= 0.3 is 6.61 Å². The van der Waals surface area contributed by atoms with Crippen molar-refractivity contribution < 1.29 is 23.0 Å². The summed E-state index contributed by atoms with van der Waals surface area (Å²) in [5.41, 5.74) is 7.65. The Hall–Kier alpha value is -3.13. The number of aliphatic imine (C=N–C) groups is 1. The monoisotopic (exact) mass is 447 g/mol. The summed E-state index contributed by atoms with van der Waals surface area (Å²) in [5.74, 6) is 0.322. The first-order valence-corrected chi connectivity index (χ1v) is 9.90. The number of pyridine rings is 1. The Morgan fingerprint density at radius 1 is 1.26 bits per heavy atom. The van der Waals surface area contributed by atoms with E-state index in [1.807, 2.05) is 30.3 Å². The first kappa shape index (κ1) is 21.1. The molecular formula is C22H20ClF2N3O3. The van der Waals surface area contributed by atoms with Crippen LogP contribution in [0.2, 0.25) is 0 Å². The number of ether oxygens (including phenoxy) is 3. The number of halogens is 3. The van der Waals surface area contributed by atoms with E-state index in [1.165, 1.54) is 0 Å². The fraction of sp³-hybridized carbons (Fsp3) is 0.273. The van der Waals surface area contributed by atoms with Crippen LogP contribution in [0.4, 0.5) is 8.78 Å². The fourth-order valence-electron chi connectivity index (χ4n) is 3.84. The Morgan fingerprint density at radius 3 is 2.77 bits per heavy atom. The minimum atomic E-state index is -2.95. The predicted octanol–water partition coefficient (Wildman–Crippen LogP) is 4.56. The zero-order valence-corrected chi connectivity index (χ0v) is 17.4. The first-order valence-electron chi connectivity index (χ1n) is 9.52. The topological polar surface area (TPSA) is 79.0 Å². The smallest absolute Gasteiger partial charge is 0.387 e. The molecule has 2 N–H and O–H groups in total. The average molecular weight is 448 g/mol. The number of amidine groups is 1. The highest BCUT2D eigenvalue weighted by atomic mass is 35.5. The van der Waals surface area contributed by atoms with Crippen LogP contribution in [0.1, 0.15) is 12.0 Å². The number of methoxy groups -OCH3 is 1. The molecule has 31 heavy (non-hydrogen) atoms. The first-order chi connectivity index (χ1) is 14.9. The van der Waals surface area contributed by atoms with Crippen molar-refractivity contribution in [2.24, 2.45) is 16.6 Å². The van der Waals surface area contributed by atoms with Crippen molar-refractivity contribution in [2.75, 3.05) is 13.7 Å². The molecule has 0 spiro atoms. The van der Waals surface area contributed by atoms with Crippen molar-refractivity contribution in [3.8, 4) is 16.9 Å². The van der Waals surface area contributed by atoms with Gasteiger partial charge in [0, 0.05) is 17.7 Å². The molecule has 9 heteroatoms. The van der Waals surface area contributed by atoms with Crippen LogP contribution in [0.3, 0.4) is 0 Å². The number of allylic oxidation sites excluding steroid dienone is 2. The lowest BCUT2D eigenvalue weighted by atomic mass is 9.75. The molecule has 2 heterocycles. The second-order valence-electron chi connectivity index (χ2n) is 7.16. The summed E-state index contributed by atoms with van der Waals surface area (Å²) in [5, 5.41) is 0.102. The number of hydrogen-bond donors (Lipinski definition) is 1. The van der Waals surface area contributed by atoms with Gasteiger partial charge in [-0.25, -0.2) is 4.99 Å². The minimum absolute atomic E-state index is 0.0462. The van der Waals surface area contributed by atoms with Gasteiger partial charge < -0.3 is 19.9 Å². The van der Waals surface area contributed by atoms with Crippen molar-refractivity contribution in [3.63, 3.8) is 0 Å². The van der Waals surface area contributed by atoms with Crippen LogP contribution >= 0.6 is 11.6 Å². The summed E-state index contributed by atoms with van der Waals surface area (Å²) in [6, 6.07) is 9.73. The van der Waals surface area contributed by atoms with Gasteiger partial charge in [0.25, 0.3) is 6.02 Å². The average Bonchev–Trinajstić information content (AvgIpc) is 3.18. The minimum Gasteiger partial charge on any atom is -0.495 e. The summed E-state index contributed by atoms with van der Waals surface area (Å²) in [6.07, 6.45) is 6.96. The third kappa shape index (κ3) is 4.20. The van der Waals surface area contributed by atoms with Crippen LogP contribution in [-0.4, -0.2) is 31.3 Å². The number of nitrogens with two attached hydrogens (primary N) is 1. The van der Waals surface area contributed by atoms with Gasteiger partial charge in [-0.2, -0.15) is 8.78 Å². The maximum atomic E-state index is 12.6. The van der Waals surface area contributed by atoms with E-state index < -0.39 is 12.2 Å². The van der Waals surface area contributed by atoms with Crippen LogP contribution in [-0.2, 0) is 15.0 Å². The van der Waals surface area contributed by atoms with Crippen LogP contribution in [0.25, 0.3) is 11.1 Å². The molecule has 1 aromatic heterocycles. The van der Waals surface area contributed by atoms with Crippen molar-refractivity contribution in [1.82, 2.24) is 4.98 Å². The molecule has 2 unspecified atom stereocenters. The van der Waals surface area contributed by atoms with E-state index in [9.17, 15) is 8.78 Å². The van der Waals surface area contributed by atoms with Crippen LogP contribution < -0.4 is 10.5 Å². The Balaban J connectivity index is 1.72. The molecule has 0 saturated heterocycles. The van der Waals surface area contributed by atoms with Gasteiger partial charge in [-0.15, -0.1) is 0 Å². The van der Waals surface area contributed by atoms with Gasteiger partial charge in [0.2, 0.25) is 0 Å². The molecule has 2 aromatic rings. The van der Waals surface area contributed by atoms with Gasteiger partial charge in [-0.3, -0.25) is 4.98 Å². The van der Waals surface area contributed by atoms with Gasteiger partial charge in [-0.1, -0.05) is 35.9 Å². The number of rotatable bonds is 6. The Kier molecular flexibility index (Phi) is 5.82. The standard InChI is InChI=1S/C22H20ClF2N3O3/c1-29-17-8-14(10-27-11-17)13-3-2-4-15(7-13)22(12-30-21(26)28-22)16-5-6-19(18(23)9-16)31-20(24)25/h2-4,6-11,16,20H,5,12H2,1H3,(H2,26,28). The third-order valence-corrected chi connectivity index (χ3v) is 5.68. The van der Waals surface area contributed by atoms with Crippen molar-refractivity contribution in [2.45, 2.75) is 18.6 Å². The lowest BCUT2D eigenvalue weighted by Gasteiger charge is -2.33. The Labute approximate surface area is 183 Å². The van der Waals surface area contributed by atoms with E-state index >= 15 is 0 Å². The number of nitrogens with zero attached hydrogens (tertiary/aromatic N) is 2. The zero-order chi connectivity index (χ0) is 22.0. The molecule has 0 bridgehead atoms. The molecule has 0 amide bonds.